The molecule has 0 saturated carbocycles. The number of carbonyl (C=O) groups is 10. The normalized spacial score (nSPS) is 16.8. The highest BCUT2D eigenvalue weighted by molar-refractivity contribution is 6.00. The van der Waals surface area contributed by atoms with Gasteiger partial charge < -0.3 is 77.9 Å². The quantitative estimate of drug-likeness (QED) is 0.0297. The predicted octanol–water partition coefficient (Wildman–Crippen LogP) is 0.824. The Morgan fingerprint density at radius 3 is 1.75 bits per heavy atom. The van der Waals surface area contributed by atoms with Crippen LogP contribution in [0, 0.1) is 5.92 Å². The number of benzene rings is 4. The maximum Gasteiger partial charge on any atom is 0.246 e. The van der Waals surface area contributed by atoms with Crippen LogP contribution >= 0.6 is 0 Å². The Kier molecular flexibility index (Phi) is 22.7. The van der Waals surface area contributed by atoms with E-state index in [9.17, 15) is 48.6 Å². The first-order valence-corrected chi connectivity index (χ1v) is 31.2. The lowest BCUT2D eigenvalue weighted by atomic mass is 9.98. The number of aromatic amines is 3. The van der Waals surface area contributed by atoms with Crippen LogP contribution in [0.2, 0.25) is 0 Å². The molecule has 4 aromatic carbocycles. The molecule has 0 spiro atoms. The number of aromatic nitrogens is 5. The lowest BCUT2D eigenvalue weighted by Gasteiger charge is -2.31. The molecule has 0 unspecified atom stereocenters. The van der Waals surface area contributed by atoms with Gasteiger partial charge in [-0.15, -0.1) is 0 Å². The number of likely N-dealkylation sites (N-methyl/N-ethyl adjacent to an activating group) is 1. The third-order valence-electron chi connectivity index (χ3n) is 16.5. The summed E-state index contributed by atoms with van der Waals surface area (Å²) in [7, 11) is 0. The molecule has 9 rings (SSSR count). The maximum absolute atomic E-state index is 15.1. The number of hydrogen-bond acceptors (Lipinski definition) is 14. The molecule has 0 aliphatic carbocycles. The van der Waals surface area contributed by atoms with Gasteiger partial charge in [-0.3, -0.25) is 47.9 Å². The number of amides is 10. The monoisotopic (exact) mass is 1270 g/mol. The molecule has 5 heterocycles. The minimum Gasteiger partial charge on any atom is -0.508 e. The molecule has 0 radical (unpaired) electrons. The number of hydrogen-bond donors (Lipinski definition) is 14. The van der Waals surface area contributed by atoms with Crippen LogP contribution < -0.4 is 47.9 Å². The summed E-state index contributed by atoms with van der Waals surface area (Å²) in [5.74, 6) is -7.26. The number of carbonyl (C=O) groups excluding carboxylic acids is 10. The van der Waals surface area contributed by atoms with Gasteiger partial charge in [0.1, 0.15) is 60.1 Å². The second-order valence-electron chi connectivity index (χ2n) is 23.8. The number of nitrogens with zero attached hydrogens (tertiary/aromatic N) is 3. The lowest BCUT2D eigenvalue weighted by molar-refractivity contribution is -0.142. The first-order valence-electron chi connectivity index (χ1n) is 31.2. The first kappa shape index (κ1) is 67.0. The van der Waals surface area contributed by atoms with E-state index >= 15 is 9.59 Å². The van der Waals surface area contributed by atoms with Gasteiger partial charge in [-0.05, 0) is 84.2 Å². The van der Waals surface area contributed by atoms with Crippen LogP contribution in [0.25, 0.3) is 21.7 Å². The number of rotatable bonds is 30. The van der Waals surface area contributed by atoms with Crippen molar-refractivity contribution < 1.29 is 58.2 Å². The Balaban J connectivity index is 0.963. The average Bonchev–Trinajstić information content (AvgIpc) is 1.90. The number of aliphatic hydroxyl groups excluding tert-OH is 1. The highest BCUT2D eigenvalue weighted by atomic mass is 16.3. The van der Waals surface area contributed by atoms with Crippen molar-refractivity contribution in [2.24, 2.45) is 5.92 Å². The zero-order valence-corrected chi connectivity index (χ0v) is 51.8. The smallest absolute Gasteiger partial charge is 0.246 e. The van der Waals surface area contributed by atoms with Crippen molar-refractivity contribution in [3.63, 3.8) is 0 Å². The minimum atomic E-state index is -1.76. The second kappa shape index (κ2) is 31.5. The number of para-hydroxylation sites is 1. The van der Waals surface area contributed by atoms with Gasteiger partial charge in [0.25, 0.3) is 0 Å². The molecule has 93 heavy (non-hydrogen) atoms. The summed E-state index contributed by atoms with van der Waals surface area (Å²) in [4.78, 5) is 161. The van der Waals surface area contributed by atoms with Gasteiger partial charge in [0, 0.05) is 81.1 Å². The van der Waals surface area contributed by atoms with Gasteiger partial charge in [0.15, 0.2) is 0 Å². The lowest BCUT2D eigenvalue weighted by Crippen LogP contribution is -2.61. The number of imidazole rings is 2. The van der Waals surface area contributed by atoms with E-state index in [0.717, 1.165) is 16.3 Å². The van der Waals surface area contributed by atoms with E-state index < -0.39 is 108 Å². The highest BCUT2D eigenvalue weighted by Gasteiger charge is 2.40. The fourth-order valence-electron chi connectivity index (χ4n) is 11.7. The third-order valence-corrected chi connectivity index (χ3v) is 16.5. The number of phenols is 1. The molecule has 490 valence electrons. The van der Waals surface area contributed by atoms with E-state index in [1.807, 2.05) is 68.4 Å². The van der Waals surface area contributed by atoms with Crippen LogP contribution in [0.3, 0.4) is 0 Å². The molecule has 27 nitrogen and oxygen atoms in total. The van der Waals surface area contributed by atoms with Crippen LogP contribution in [0.5, 0.6) is 5.75 Å². The van der Waals surface area contributed by atoms with E-state index in [-0.39, 0.29) is 81.4 Å². The molecule has 7 aromatic rings. The third kappa shape index (κ3) is 18.0. The van der Waals surface area contributed by atoms with Crippen molar-refractivity contribution in [1.82, 2.24) is 77.7 Å². The van der Waals surface area contributed by atoms with Crippen LogP contribution in [0.4, 0.5) is 0 Å². The second-order valence-corrected chi connectivity index (χ2v) is 23.8. The molecule has 0 bridgehead atoms. The van der Waals surface area contributed by atoms with Crippen molar-refractivity contribution in [2.75, 3.05) is 19.7 Å². The zero-order chi connectivity index (χ0) is 66.1. The first-order chi connectivity index (χ1) is 44.8. The van der Waals surface area contributed by atoms with E-state index in [4.69, 9.17) is 0 Å². The van der Waals surface area contributed by atoms with E-state index in [1.165, 1.54) is 42.1 Å². The topological polar surface area (TPSA) is 396 Å². The summed E-state index contributed by atoms with van der Waals surface area (Å²) in [5, 5.41) is 47.9. The average molecular weight is 1270 g/mol. The number of likely N-dealkylation sites (tertiary alicyclic amines) is 1. The number of H-pyrrole nitrogens is 3. The zero-order valence-electron chi connectivity index (χ0n) is 51.8. The fraction of sp³-hybridized carbons (Fsp3) is 0.394. The van der Waals surface area contributed by atoms with Crippen LogP contribution in [0.1, 0.15) is 81.0 Å². The van der Waals surface area contributed by atoms with Gasteiger partial charge in [-0.1, -0.05) is 86.6 Å². The van der Waals surface area contributed by atoms with Gasteiger partial charge in [0.2, 0.25) is 59.1 Å². The van der Waals surface area contributed by atoms with Gasteiger partial charge in [-0.2, -0.15) is 0 Å². The summed E-state index contributed by atoms with van der Waals surface area (Å²) in [6.07, 6.45) is 8.02. The van der Waals surface area contributed by atoms with Crippen LogP contribution in [-0.2, 0) is 80.0 Å². The molecule has 2 aliphatic heterocycles. The molecule has 9 atom stereocenters. The van der Waals surface area contributed by atoms with Crippen molar-refractivity contribution in [3.8, 4) is 5.75 Å². The molecule has 27 heteroatoms. The van der Waals surface area contributed by atoms with E-state index in [0.29, 0.717) is 52.9 Å². The SMILES string of the molecule is CCNC(=O)[C@@H]1CCCN1C(=O)[C@H](Cc1ccc(O)cc1)NC(=O)[C@H](CC(C)C)NC(=O)[C@@H](Cc1ccc2ccccc2c1)NC(=O)[C@H](Cc1c[nH]cn1)NC(=O)[C@H](CO)NC(=O)[C@H](Cc1c[nH]c2ccccc12)NC(=O)[C@H](Cc1c[nH]cn1)NC(=O)[C@@H]1CCC(=O)N1. The Morgan fingerprint density at radius 2 is 1.14 bits per heavy atom. The van der Waals surface area contributed by atoms with Crippen molar-refractivity contribution in [2.45, 2.75) is 139 Å². The summed E-state index contributed by atoms with van der Waals surface area (Å²) in [6.45, 7) is 5.06. The Bertz CT molecular complexity index is 3780. The van der Waals surface area contributed by atoms with E-state index in [2.05, 4.69) is 72.8 Å². The molecule has 14 N–H and O–H groups in total. The number of phenolic OH excluding ortho intramolecular Hbond substituents is 1. The molecular formula is C66H79N15O12. The summed E-state index contributed by atoms with van der Waals surface area (Å²) < 4.78 is 0. The predicted molar refractivity (Wildman–Crippen MR) is 341 cm³/mol. The van der Waals surface area contributed by atoms with Crippen LogP contribution in [0.15, 0.2) is 122 Å². The van der Waals surface area contributed by atoms with Crippen molar-refractivity contribution in [1.29, 1.82) is 0 Å². The minimum absolute atomic E-state index is 0.0115. The van der Waals surface area contributed by atoms with Crippen LogP contribution in [-0.4, -0.2) is 173 Å². The molecule has 10 amide bonds. The Morgan fingerprint density at radius 1 is 0.591 bits per heavy atom. The number of fused-ring (bicyclic) bond motifs is 2. The highest BCUT2D eigenvalue weighted by Crippen LogP contribution is 2.24. The molecule has 2 fully saturated rings. The van der Waals surface area contributed by atoms with Gasteiger partial charge in [-0.25, -0.2) is 9.97 Å². The van der Waals surface area contributed by atoms with Gasteiger partial charge >= 0.3 is 0 Å². The Labute approximate surface area is 535 Å². The molecule has 3 aromatic heterocycles. The van der Waals surface area contributed by atoms with Gasteiger partial charge in [0.05, 0.1) is 30.6 Å². The number of aliphatic hydroxyl groups is 1. The van der Waals surface area contributed by atoms with Crippen molar-refractivity contribution >= 4 is 80.7 Å². The Hall–Kier alpha value is -10.4. The molecule has 2 saturated heterocycles. The summed E-state index contributed by atoms with van der Waals surface area (Å²) in [5.41, 5.74) is 3.19. The molecular weight excluding hydrogens is 1190 g/mol. The van der Waals surface area contributed by atoms with Crippen molar-refractivity contribution in [3.05, 3.63) is 150 Å². The number of nitrogens with one attached hydrogen (secondary N) is 12. The van der Waals surface area contributed by atoms with E-state index in [1.54, 1.807) is 37.4 Å². The fourth-order valence-corrected chi connectivity index (χ4v) is 11.7. The standard InChI is InChI=1S/C66H79N15O12/c1-4-69-65(92)56-14-9-23-81(56)66(93)54(26-38-16-19-45(83)20-17-38)79-59(86)49(24-37(2)3)74-60(87)50(27-39-15-18-40-10-5-6-11-41(40)25-39)75-62(89)53(30-44-33-68-36-72-44)78-64(91)55(34-82)80-61(88)51(28-42-31-70-47-13-8-7-12-46(42)47)76-63(90)52(29-43-32-67-35-71-43)77-58(85)48-21-22-57(84)73-48/h5-8,10-13,15-20,25,31-33,35-37,48-56,70,82-83H,4,9,14,21-24,26-30,34H2,1-3H3,(H,67,71)(H,68,72)(H,69,92)(H,73,84)(H,74,87)(H,75,89)(H,76,90)(H,77,85)(H,78,91)(H,79,86)(H,80,88)/t48-,49-,50+,51-,52-,53-,54-,55-,56-/m0/s1. The number of aromatic hydroxyl groups is 1. The molecule has 2 aliphatic rings. The largest absolute Gasteiger partial charge is 0.508 e. The maximum atomic E-state index is 15.1. The summed E-state index contributed by atoms with van der Waals surface area (Å²) >= 11 is 0. The summed E-state index contributed by atoms with van der Waals surface area (Å²) in [6, 6.07) is 14.6.